The summed E-state index contributed by atoms with van der Waals surface area (Å²) in [5.41, 5.74) is 4.02. The first-order chi connectivity index (χ1) is 14.1. The molecule has 0 bridgehead atoms. The van der Waals surface area contributed by atoms with Crippen LogP contribution in [0.5, 0.6) is 0 Å². The minimum absolute atomic E-state index is 0.0873. The zero-order valence-electron chi connectivity index (χ0n) is 16.9. The van der Waals surface area contributed by atoms with Gasteiger partial charge in [-0.15, -0.1) is 0 Å². The molecule has 1 aromatic carbocycles. The third-order valence-corrected chi connectivity index (χ3v) is 5.39. The number of H-pyrrole nitrogens is 1. The number of aryl methyl sites for hydroxylation is 1. The Kier molecular flexibility index (Phi) is 5.67. The topological polar surface area (TPSA) is 86.8 Å². The van der Waals surface area contributed by atoms with E-state index in [-0.39, 0.29) is 5.56 Å². The summed E-state index contributed by atoms with van der Waals surface area (Å²) < 4.78 is 0. The van der Waals surface area contributed by atoms with Crippen LogP contribution < -0.4 is 10.9 Å². The zero-order valence-corrected chi connectivity index (χ0v) is 16.9. The van der Waals surface area contributed by atoms with Gasteiger partial charge in [0.2, 0.25) is 5.95 Å². The number of hydrogen-bond acceptors (Lipinski definition) is 6. The number of hydrogen-bond donors (Lipinski definition) is 2. The summed E-state index contributed by atoms with van der Waals surface area (Å²) in [5.74, 6) is 1.60. The van der Waals surface area contributed by atoms with Crippen molar-refractivity contribution in [2.45, 2.75) is 32.2 Å². The van der Waals surface area contributed by atoms with Crippen LogP contribution in [0.3, 0.4) is 0 Å². The molecule has 7 nitrogen and oxygen atoms in total. The van der Waals surface area contributed by atoms with Crippen molar-refractivity contribution >= 4 is 5.95 Å². The van der Waals surface area contributed by atoms with Crippen molar-refractivity contribution in [3.63, 3.8) is 0 Å². The summed E-state index contributed by atoms with van der Waals surface area (Å²) >= 11 is 0. The van der Waals surface area contributed by atoms with Crippen LogP contribution in [0.15, 0.2) is 47.5 Å². The highest BCUT2D eigenvalue weighted by molar-refractivity contribution is 5.55. The number of anilines is 1. The monoisotopic (exact) mass is 390 g/mol. The van der Waals surface area contributed by atoms with Gasteiger partial charge in [-0.25, -0.2) is 15.0 Å². The first kappa shape index (κ1) is 19.3. The van der Waals surface area contributed by atoms with E-state index in [0.717, 1.165) is 54.9 Å². The smallest absolute Gasteiger partial charge is 0.251 e. The molecule has 0 unspecified atom stereocenters. The van der Waals surface area contributed by atoms with Gasteiger partial charge in [0.05, 0.1) is 5.69 Å². The van der Waals surface area contributed by atoms with Crippen LogP contribution in [0.25, 0.3) is 11.4 Å². The molecule has 2 aromatic heterocycles. The van der Waals surface area contributed by atoms with E-state index >= 15 is 0 Å². The van der Waals surface area contributed by atoms with Gasteiger partial charge >= 0.3 is 0 Å². The number of aromatic amines is 1. The summed E-state index contributed by atoms with van der Waals surface area (Å²) in [6, 6.07) is 9.72. The first-order valence-corrected chi connectivity index (χ1v) is 10.00. The van der Waals surface area contributed by atoms with Gasteiger partial charge in [-0.1, -0.05) is 23.8 Å². The number of nitrogens with zero attached hydrogens (tertiary/aromatic N) is 4. The molecule has 2 N–H and O–H groups in total. The Morgan fingerprint density at radius 3 is 2.62 bits per heavy atom. The van der Waals surface area contributed by atoms with E-state index in [0.29, 0.717) is 17.7 Å². The summed E-state index contributed by atoms with van der Waals surface area (Å²) in [5, 5.41) is 2.93. The van der Waals surface area contributed by atoms with Gasteiger partial charge in [0, 0.05) is 49.1 Å². The summed E-state index contributed by atoms with van der Waals surface area (Å²) in [4.78, 5) is 30.9. The molecule has 0 amide bonds. The Morgan fingerprint density at radius 2 is 1.93 bits per heavy atom. The molecule has 0 saturated carbocycles. The molecule has 1 aliphatic heterocycles. The van der Waals surface area contributed by atoms with Crippen LogP contribution in [0.2, 0.25) is 0 Å². The molecule has 0 radical (unpaired) electrons. The molecule has 3 heterocycles. The quantitative estimate of drug-likeness (QED) is 0.697. The van der Waals surface area contributed by atoms with Gasteiger partial charge < -0.3 is 10.3 Å². The van der Waals surface area contributed by atoms with Crippen LogP contribution in [0.1, 0.15) is 35.6 Å². The molecule has 1 aliphatic rings. The Bertz CT molecular complexity index is 1020. The Labute approximate surface area is 170 Å². The maximum Gasteiger partial charge on any atom is 0.251 e. The normalized spacial score (nSPS) is 15.4. The summed E-state index contributed by atoms with van der Waals surface area (Å²) in [6.07, 6.45) is 5.72. The standard InChI is InChI=1S/C22H26N6O/c1-15-4-3-5-18(10-15)21-26-19(11-20(29)27-21)17-6-8-28(9-7-17)14-16-12-24-22(23-2)25-13-16/h3-5,10-13,17H,6-9,14H2,1-2H3,(H,23,24,25)(H,26,27,29). The fraction of sp³-hybridized carbons (Fsp3) is 0.364. The Hall–Kier alpha value is -3.06. The Morgan fingerprint density at radius 1 is 1.17 bits per heavy atom. The molecule has 1 fully saturated rings. The average Bonchev–Trinajstić information content (AvgIpc) is 2.74. The zero-order chi connectivity index (χ0) is 20.2. The molecule has 0 spiro atoms. The number of aromatic nitrogens is 4. The Balaban J connectivity index is 1.43. The van der Waals surface area contributed by atoms with E-state index in [1.165, 1.54) is 0 Å². The fourth-order valence-corrected chi connectivity index (χ4v) is 3.83. The van der Waals surface area contributed by atoms with Crippen LogP contribution in [-0.4, -0.2) is 45.0 Å². The van der Waals surface area contributed by atoms with Gasteiger partial charge in [-0.2, -0.15) is 0 Å². The van der Waals surface area contributed by atoms with E-state index in [1.807, 2.05) is 50.6 Å². The number of likely N-dealkylation sites (tertiary alicyclic amines) is 1. The number of benzene rings is 1. The minimum Gasteiger partial charge on any atom is -0.357 e. The molecular weight excluding hydrogens is 364 g/mol. The predicted octanol–water partition coefficient (Wildman–Crippen LogP) is 2.96. The number of piperidine rings is 1. The highest BCUT2D eigenvalue weighted by atomic mass is 16.1. The lowest BCUT2D eigenvalue weighted by atomic mass is 9.93. The van der Waals surface area contributed by atoms with Gasteiger partial charge in [0.1, 0.15) is 5.82 Å². The molecule has 7 heteroatoms. The molecular formula is C22H26N6O. The molecule has 1 saturated heterocycles. The van der Waals surface area contributed by atoms with E-state index in [2.05, 4.69) is 25.2 Å². The van der Waals surface area contributed by atoms with E-state index < -0.39 is 0 Å². The van der Waals surface area contributed by atoms with Gasteiger partial charge in [0.25, 0.3) is 5.56 Å². The van der Waals surface area contributed by atoms with Crippen molar-refractivity contribution in [1.29, 1.82) is 0 Å². The van der Waals surface area contributed by atoms with Crippen molar-refractivity contribution in [3.8, 4) is 11.4 Å². The number of rotatable bonds is 5. The van der Waals surface area contributed by atoms with Crippen LogP contribution in [-0.2, 0) is 6.54 Å². The molecule has 150 valence electrons. The second-order valence-corrected chi connectivity index (χ2v) is 7.60. The van der Waals surface area contributed by atoms with E-state index in [4.69, 9.17) is 4.98 Å². The summed E-state index contributed by atoms with van der Waals surface area (Å²) in [6.45, 7) is 4.81. The van der Waals surface area contributed by atoms with Crippen molar-refractivity contribution in [1.82, 2.24) is 24.8 Å². The van der Waals surface area contributed by atoms with Crippen molar-refractivity contribution in [2.75, 3.05) is 25.5 Å². The van der Waals surface area contributed by atoms with Gasteiger partial charge in [-0.3, -0.25) is 9.69 Å². The van der Waals surface area contributed by atoms with Crippen LogP contribution in [0, 0.1) is 6.92 Å². The predicted molar refractivity (Wildman–Crippen MR) is 114 cm³/mol. The lowest BCUT2D eigenvalue weighted by Crippen LogP contribution is -2.33. The third-order valence-electron chi connectivity index (χ3n) is 5.39. The summed E-state index contributed by atoms with van der Waals surface area (Å²) in [7, 11) is 1.81. The van der Waals surface area contributed by atoms with Crippen LogP contribution >= 0.6 is 0 Å². The molecule has 0 atom stereocenters. The average molecular weight is 390 g/mol. The lowest BCUT2D eigenvalue weighted by Gasteiger charge is -2.31. The second kappa shape index (κ2) is 8.53. The SMILES string of the molecule is CNc1ncc(CN2CCC(c3cc(=O)[nH]c(-c4cccc(C)c4)n3)CC2)cn1. The number of nitrogens with one attached hydrogen (secondary N) is 2. The molecule has 0 aliphatic carbocycles. The van der Waals surface area contributed by atoms with Crippen molar-refractivity contribution in [3.05, 3.63) is 69.9 Å². The molecule has 29 heavy (non-hydrogen) atoms. The molecule has 4 rings (SSSR count). The largest absolute Gasteiger partial charge is 0.357 e. The lowest BCUT2D eigenvalue weighted by molar-refractivity contribution is 0.203. The highest BCUT2D eigenvalue weighted by Gasteiger charge is 2.23. The molecule has 3 aromatic rings. The van der Waals surface area contributed by atoms with Gasteiger partial charge in [-0.05, 0) is 38.9 Å². The van der Waals surface area contributed by atoms with Crippen molar-refractivity contribution < 1.29 is 0 Å². The first-order valence-electron chi connectivity index (χ1n) is 10.00. The maximum atomic E-state index is 12.2. The third kappa shape index (κ3) is 4.68. The van der Waals surface area contributed by atoms with Gasteiger partial charge in [0.15, 0.2) is 0 Å². The van der Waals surface area contributed by atoms with Crippen LogP contribution in [0.4, 0.5) is 5.95 Å². The highest BCUT2D eigenvalue weighted by Crippen LogP contribution is 2.28. The fourth-order valence-electron chi connectivity index (χ4n) is 3.83. The minimum atomic E-state index is -0.0873. The van der Waals surface area contributed by atoms with Crippen molar-refractivity contribution in [2.24, 2.45) is 0 Å². The van der Waals surface area contributed by atoms with E-state index in [1.54, 1.807) is 6.07 Å². The van der Waals surface area contributed by atoms with E-state index in [9.17, 15) is 4.79 Å². The maximum absolute atomic E-state index is 12.2. The second-order valence-electron chi connectivity index (χ2n) is 7.60.